The third-order valence-corrected chi connectivity index (χ3v) is 6.86. The molecule has 0 radical (unpaired) electrons. The lowest BCUT2D eigenvalue weighted by Gasteiger charge is -2.24. The van der Waals surface area contributed by atoms with Gasteiger partial charge in [-0.2, -0.15) is 0 Å². The fraction of sp³-hybridized carbons (Fsp3) is 0.375. The third kappa shape index (κ3) is 5.98. The summed E-state index contributed by atoms with van der Waals surface area (Å²) >= 11 is 1.39. The standard InChI is InChI=1S/C24H27N5O3S/c30-20-14-8-7-13-19(20)23(32)27-26-22(31)16-33-24-28-25-21(15-17-9-3-1-4-10-17)29(24)18-11-5-2-6-12-18/h1,3-4,7-10,13-14,18,24,28H,2,5-6,11-12,15-16H2,(H,30,32)/p+1. The molecule has 1 fully saturated rings. The fourth-order valence-corrected chi connectivity index (χ4v) is 5.11. The van der Waals surface area contributed by atoms with Crippen LogP contribution in [0.2, 0.25) is 0 Å². The van der Waals surface area contributed by atoms with Gasteiger partial charge in [0.05, 0.1) is 28.9 Å². The average molecular weight is 467 g/mol. The molecule has 1 unspecified atom stereocenters. The highest BCUT2D eigenvalue weighted by molar-refractivity contribution is 8.00. The molecule has 3 N–H and O–H groups in total. The van der Waals surface area contributed by atoms with Crippen LogP contribution in [0.15, 0.2) is 64.8 Å². The predicted molar refractivity (Wildman–Crippen MR) is 127 cm³/mol. The van der Waals surface area contributed by atoms with Crippen LogP contribution in [0, 0.1) is 0 Å². The summed E-state index contributed by atoms with van der Waals surface area (Å²) < 4.78 is 2.28. The molecule has 4 rings (SSSR count). The summed E-state index contributed by atoms with van der Waals surface area (Å²) in [4.78, 5) is 24.5. The van der Waals surface area contributed by atoms with Crippen LogP contribution in [-0.4, -0.2) is 44.6 Å². The largest absolute Gasteiger partial charge is 0.507 e. The van der Waals surface area contributed by atoms with E-state index in [1.165, 1.54) is 48.7 Å². The number of thioether (sulfide) groups is 1. The van der Waals surface area contributed by atoms with Crippen molar-refractivity contribution in [3.63, 3.8) is 0 Å². The van der Waals surface area contributed by atoms with Gasteiger partial charge in [-0.15, -0.1) is 0 Å². The minimum absolute atomic E-state index is 0.0960. The van der Waals surface area contributed by atoms with E-state index in [9.17, 15) is 14.7 Å². The molecule has 1 saturated carbocycles. The summed E-state index contributed by atoms with van der Waals surface area (Å²) in [6, 6.07) is 16.7. The highest BCUT2D eigenvalue weighted by Crippen LogP contribution is 2.29. The first-order valence-electron chi connectivity index (χ1n) is 11.2. The van der Waals surface area contributed by atoms with E-state index in [-0.39, 0.29) is 28.5 Å². The van der Waals surface area contributed by atoms with Gasteiger partial charge in [0.2, 0.25) is 5.91 Å². The number of hydrazine groups is 1. The number of carbonyl (C=O) groups excluding carboxylic acids is 2. The van der Waals surface area contributed by atoms with Gasteiger partial charge >= 0.3 is 5.84 Å². The number of nitrogens with zero attached hydrogens (tertiary/aromatic N) is 3. The molecule has 1 aliphatic carbocycles. The first kappa shape index (κ1) is 23.0. The van der Waals surface area contributed by atoms with Crippen molar-refractivity contribution in [2.75, 3.05) is 5.75 Å². The zero-order valence-corrected chi connectivity index (χ0v) is 19.1. The summed E-state index contributed by atoms with van der Waals surface area (Å²) in [5.74, 6) is -0.00565. The zero-order valence-electron chi connectivity index (χ0n) is 18.3. The molecule has 2 aromatic carbocycles. The normalized spacial score (nSPS) is 18.4. The van der Waals surface area contributed by atoms with Gasteiger partial charge in [-0.05, 0) is 48.5 Å². The summed E-state index contributed by atoms with van der Waals surface area (Å²) in [7, 11) is 0. The van der Waals surface area contributed by atoms with E-state index in [0.29, 0.717) is 12.5 Å². The van der Waals surface area contributed by atoms with Gasteiger partial charge in [-0.3, -0.25) is 20.4 Å². The van der Waals surface area contributed by atoms with Gasteiger partial charge < -0.3 is 5.11 Å². The molecule has 0 spiro atoms. The number of amides is 2. The van der Waals surface area contributed by atoms with E-state index in [1.807, 2.05) is 18.2 Å². The number of benzene rings is 2. The van der Waals surface area contributed by atoms with Crippen LogP contribution < -0.4 is 10.9 Å². The first-order chi connectivity index (χ1) is 16.1. The average Bonchev–Trinajstić information content (AvgIpc) is 3.25. The van der Waals surface area contributed by atoms with Crippen LogP contribution >= 0.6 is 11.8 Å². The van der Waals surface area contributed by atoms with Gasteiger partial charge in [0, 0.05) is 0 Å². The van der Waals surface area contributed by atoms with Gasteiger partial charge in [-0.25, -0.2) is 4.58 Å². The molecule has 0 saturated heterocycles. The van der Waals surface area contributed by atoms with Crippen LogP contribution in [0.1, 0.15) is 48.0 Å². The number of phenolic OH excluding ortho intramolecular Hbond substituents is 1. The third-order valence-electron chi connectivity index (χ3n) is 5.81. The van der Waals surface area contributed by atoms with Crippen LogP contribution in [0.25, 0.3) is 0 Å². The number of azo groups is 1. The number of hydrogen-bond donors (Lipinski definition) is 3. The number of hydrogen-bond acceptors (Lipinski definition) is 6. The number of rotatable bonds is 7. The van der Waals surface area contributed by atoms with Crippen LogP contribution in [0.4, 0.5) is 0 Å². The lowest BCUT2D eigenvalue weighted by molar-refractivity contribution is -0.577. The second-order valence-corrected chi connectivity index (χ2v) is 9.19. The Bertz CT molecular complexity index is 1050. The topological polar surface area (TPSA) is 106 Å². The van der Waals surface area contributed by atoms with Crippen molar-refractivity contribution in [2.45, 2.75) is 50.1 Å². The summed E-state index contributed by atoms with van der Waals surface area (Å²) in [6.45, 7) is 0. The van der Waals surface area contributed by atoms with Crippen molar-refractivity contribution in [2.24, 2.45) is 10.2 Å². The number of aromatic hydroxyl groups is 1. The van der Waals surface area contributed by atoms with E-state index >= 15 is 0 Å². The first-order valence-corrected chi connectivity index (χ1v) is 12.2. The van der Waals surface area contributed by atoms with Gasteiger partial charge in [0.15, 0.2) is 0 Å². The predicted octanol–water partition coefficient (Wildman–Crippen LogP) is 3.62. The Morgan fingerprint density at radius 2 is 1.73 bits per heavy atom. The van der Waals surface area contributed by atoms with Crippen molar-refractivity contribution in [1.82, 2.24) is 10.9 Å². The summed E-state index contributed by atoms with van der Waals surface area (Å²) in [5, 5.41) is 18.7. The minimum Gasteiger partial charge on any atom is -0.507 e. The van der Waals surface area contributed by atoms with E-state index in [2.05, 4.69) is 37.8 Å². The Balaban J connectivity index is 1.37. The Hall–Kier alpha value is -3.20. The second kappa shape index (κ2) is 11.1. The zero-order chi connectivity index (χ0) is 23.0. The van der Waals surface area contributed by atoms with Crippen molar-refractivity contribution in [1.29, 1.82) is 0 Å². The number of phenols is 1. The summed E-state index contributed by atoms with van der Waals surface area (Å²) in [5.41, 5.74) is 5.78. The lowest BCUT2D eigenvalue weighted by Crippen LogP contribution is -2.43. The van der Waals surface area contributed by atoms with Gasteiger partial charge in [0.1, 0.15) is 5.75 Å². The van der Waals surface area contributed by atoms with Crippen LogP contribution in [0.5, 0.6) is 5.75 Å². The molecule has 1 heterocycles. The molecule has 0 aromatic heterocycles. The fourth-order valence-electron chi connectivity index (χ4n) is 4.17. The van der Waals surface area contributed by atoms with Crippen molar-refractivity contribution < 1.29 is 19.3 Å². The molecule has 8 nitrogen and oxygen atoms in total. The molecule has 1 atom stereocenters. The van der Waals surface area contributed by atoms with E-state index in [4.69, 9.17) is 0 Å². The van der Waals surface area contributed by atoms with Crippen molar-refractivity contribution in [3.05, 3.63) is 65.7 Å². The monoisotopic (exact) mass is 466 g/mol. The number of para-hydroxylation sites is 1. The maximum Gasteiger partial charge on any atom is 0.328 e. The second-order valence-electron chi connectivity index (χ2n) is 8.15. The lowest BCUT2D eigenvalue weighted by atomic mass is 9.95. The highest BCUT2D eigenvalue weighted by atomic mass is 32.2. The Morgan fingerprint density at radius 1 is 1.00 bits per heavy atom. The quantitative estimate of drug-likeness (QED) is 0.428. The maximum absolute atomic E-state index is 12.4. The number of nitrogens with one attached hydrogen (secondary N) is 2. The molecule has 1 aliphatic heterocycles. The van der Waals surface area contributed by atoms with E-state index in [1.54, 1.807) is 12.1 Å². The van der Waals surface area contributed by atoms with E-state index in [0.717, 1.165) is 18.7 Å². The molecule has 33 heavy (non-hydrogen) atoms. The molecule has 172 valence electrons. The molecular formula is C24H28N5O3S+. The Morgan fingerprint density at radius 3 is 2.48 bits per heavy atom. The molecule has 2 aliphatic rings. The van der Waals surface area contributed by atoms with Gasteiger partial charge in [-0.1, -0.05) is 60.6 Å². The smallest absolute Gasteiger partial charge is 0.328 e. The molecular weight excluding hydrogens is 438 g/mol. The molecule has 0 bridgehead atoms. The molecule has 2 aromatic rings. The Labute approximate surface area is 197 Å². The van der Waals surface area contributed by atoms with Gasteiger partial charge in [0.25, 0.3) is 11.4 Å². The SMILES string of the molecule is O=C(CSC1N=NC(Cc2ccccc2)=[N+]1C1CCCCC1)NNC(=O)c1ccccc1O. The number of amidine groups is 1. The van der Waals surface area contributed by atoms with Crippen molar-refractivity contribution in [3.8, 4) is 5.75 Å². The number of carbonyl (C=O) groups is 2. The molecule has 9 heteroatoms. The summed E-state index contributed by atoms with van der Waals surface area (Å²) in [6.07, 6.45) is 6.54. The maximum atomic E-state index is 12.4. The van der Waals surface area contributed by atoms with E-state index < -0.39 is 5.91 Å². The Kier molecular flexibility index (Phi) is 7.72. The van der Waals surface area contributed by atoms with Crippen molar-refractivity contribution >= 4 is 29.4 Å². The molecule has 2 amide bonds. The van der Waals surface area contributed by atoms with Crippen LogP contribution in [0.3, 0.4) is 0 Å². The van der Waals surface area contributed by atoms with Crippen LogP contribution in [-0.2, 0) is 11.2 Å². The minimum atomic E-state index is -0.575. The highest BCUT2D eigenvalue weighted by Gasteiger charge is 2.37.